The number of carbonyl (C=O) groups is 1. The van der Waals surface area contributed by atoms with E-state index in [1.165, 1.54) is 55.6 Å². The molecule has 0 spiro atoms. The van der Waals surface area contributed by atoms with Crippen molar-refractivity contribution in [3.63, 3.8) is 0 Å². The lowest BCUT2D eigenvalue weighted by Crippen LogP contribution is -2.18. The number of rotatable bonds is 9. The van der Waals surface area contributed by atoms with E-state index in [1.807, 2.05) is 6.92 Å². The van der Waals surface area contributed by atoms with Crippen LogP contribution in [0.3, 0.4) is 0 Å². The van der Waals surface area contributed by atoms with Crippen LogP contribution in [-0.4, -0.2) is 36.4 Å². The van der Waals surface area contributed by atoms with Crippen LogP contribution in [0.1, 0.15) is 17.3 Å². The monoisotopic (exact) mass is 489 g/mol. The number of ether oxygens (including phenoxy) is 1. The Morgan fingerprint density at radius 1 is 0.818 bits per heavy atom. The van der Waals surface area contributed by atoms with Crippen molar-refractivity contribution in [1.82, 2.24) is 4.72 Å². The number of carbonyl (C=O) groups excluding carboxylic acids is 1. The van der Waals surface area contributed by atoms with Gasteiger partial charge in [-0.3, -0.25) is 9.52 Å². The van der Waals surface area contributed by atoms with Crippen LogP contribution in [0.5, 0.6) is 5.75 Å². The predicted octanol–water partition coefficient (Wildman–Crippen LogP) is 3.05. The van der Waals surface area contributed by atoms with Crippen LogP contribution in [0, 0.1) is 0 Å². The number of benzene rings is 3. The average molecular weight is 490 g/mol. The van der Waals surface area contributed by atoms with Gasteiger partial charge in [-0.1, -0.05) is 6.07 Å². The van der Waals surface area contributed by atoms with Gasteiger partial charge in [0.05, 0.1) is 16.4 Å². The molecule has 0 aliphatic carbocycles. The molecule has 3 aromatic carbocycles. The molecule has 1 amide bonds. The highest BCUT2D eigenvalue weighted by Gasteiger charge is 2.17. The molecule has 0 fully saturated rings. The van der Waals surface area contributed by atoms with Gasteiger partial charge in [-0.15, -0.1) is 0 Å². The molecule has 0 aromatic heterocycles. The summed E-state index contributed by atoms with van der Waals surface area (Å²) in [6.07, 6.45) is 0. The zero-order valence-corrected chi connectivity index (χ0v) is 19.5. The third kappa shape index (κ3) is 6.09. The highest BCUT2D eigenvalue weighted by Crippen LogP contribution is 2.21. The fraction of sp³-hybridized carbons (Fsp3) is 0.136. The van der Waals surface area contributed by atoms with Gasteiger partial charge in [0.25, 0.3) is 15.9 Å². The van der Waals surface area contributed by atoms with Crippen LogP contribution in [0.25, 0.3) is 0 Å². The number of anilines is 2. The Hall–Kier alpha value is -3.41. The summed E-state index contributed by atoms with van der Waals surface area (Å²) < 4.78 is 59.1. The fourth-order valence-corrected chi connectivity index (χ4v) is 4.68. The summed E-state index contributed by atoms with van der Waals surface area (Å²) in [5.41, 5.74) is 0.831. The smallest absolute Gasteiger partial charge is 0.261 e. The van der Waals surface area contributed by atoms with E-state index in [1.54, 1.807) is 24.3 Å². The van der Waals surface area contributed by atoms with Crippen molar-refractivity contribution in [2.75, 3.05) is 23.7 Å². The average Bonchev–Trinajstić information content (AvgIpc) is 2.81. The molecule has 0 saturated heterocycles. The molecule has 0 saturated carbocycles. The molecule has 0 aliphatic rings. The number of sulfonamides is 2. The van der Waals surface area contributed by atoms with Crippen molar-refractivity contribution in [1.29, 1.82) is 0 Å². The molecule has 0 atom stereocenters. The topological polar surface area (TPSA) is 131 Å². The second kappa shape index (κ2) is 10.0. The molecule has 0 aliphatic heterocycles. The number of hydrogen-bond donors (Lipinski definition) is 3. The normalized spacial score (nSPS) is 11.6. The molecule has 0 heterocycles. The Kier molecular flexibility index (Phi) is 7.36. The molecule has 33 heavy (non-hydrogen) atoms. The van der Waals surface area contributed by atoms with Crippen LogP contribution < -0.4 is 19.5 Å². The van der Waals surface area contributed by atoms with Crippen molar-refractivity contribution in [2.45, 2.75) is 16.7 Å². The summed E-state index contributed by atoms with van der Waals surface area (Å²) in [5, 5.41) is 2.62. The summed E-state index contributed by atoms with van der Waals surface area (Å²) in [6.45, 7) is 2.35. The van der Waals surface area contributed by atoms with Gasteiger partial charge in [-0.2, -0.15) is 0 Å². The van der Waals surface area contributed by atoms with Crippen molar-refractivity contribution in [2.24, 2.45) is 0 Å². The summed E-state index contributed by atoms with van der Waals surface area (Å²) in [7, 11) is -6.23. The Bertz CT molecular complexity index is 1340. The molecule has 3 aromatic rings. The Balaban J connectivity index is 1.74. The van der Waals surface area contributed by atoms with Crippen molar-refractivity contribution < 1.29 is 26.4 Å². The summed E-state index contributed by atoms with van der Waals surface area (Å²) in [5.74, 6) is 0.0769. The minimum absolute atomic E-state index is 0.0523. The van der Waals surface area contributed by atoms with Crippen LogP contribution in [0.2, 0.25) is 0 Å². The minimum Gasteiger partial charge on any atom is -0.494 e. The number of amides is 1. The van der Waals surface area contributed by atoms with Gasteiger partial charge in [-0.05, 0) is 80.7 Å². The lowest BCUT2D eigenvalue weighted by atomic mass is 10.2. The van der Waals surface area contributed by atoms with Crippen LogP contribution in [-0.2, 0) is 20.0 Å². The van der Waals surface area contributed by atoms with Crippen LogP contribution in [0.15, 0.2) is 82.6 Å². The van der Waals surface area contributed by atoms with E-state index in [-0.39, 0.29) is 15.4 Å². The zero-order chi connectivity index (χ0) is 24.1. The highest BCUT2D eigenvalue weighted by molar-refractivity contribution is 7.92. The maximum Gasteiger partial charge on any atom is 0.261 e. The third-order valence-electron chi connectivity index (χ3n) is 4.52. The van der Waals surface area contributed by atoms with E-state index in [2.05, 4.69) is 14.8 Å². The SMILES string of the molecule is CCOc1ccc(NS(=O)(=O)c2cccc(C(=O)Nc3ccc(S(=O)(=O)NC)cc3)c2)cc1. The molecule has 0 unspecified atom stereocenters. The maximum absolute atomic E-state index is 12.8. The van der Waals surface area contributed by atoms with Crippen molar-refractivity contribution in [3.05, 3.63) is 78.4 Å². The van der Waals surface area contributed by atoms with Gasteiger partial charge in [0.2, 0.25) is 10.0 Å². The molecule has 11 heteroatoms. The first-order valence-corrected chi connectivity index (χ1v) is 12.8. The van der Waals surface area contributed by atoms with Gasteiger partial charge >= 0.3 is 0 Å². The van der Waals surface area contributed by atoms with E-state index < -0.39 is 26.0 Å². The lowest BCUT2D eigenvalue weighted by molar-refractivity contribution is 0.102. The first-order valence-electron chi connectivity index (χ1n) is 9.85. The largest absolute Gasteiger partial charge is 0.494 e. The molecule has 0 bridgehead atoms. The first kappa shape index (κ1) is 24.2. The lowest BCUT2D eigenvalue weighted by Gasteiger charge is -2.11. The highest BCUT2D eigenvalue weighted by atomic mass is 32.2. The second-order valence-electron chi connectivity index (χ2n) is 6.78. The van der Waals surface area contributed by atoms with Gasteiger partial charge in [0, 0.05) is 16.9 Å². The first-order chi connectivity index (χ1) is 15.6. The Morgan fingerprint density at radius 3 is 2.06 bits per heavy atom. The van der Waals surface area contributed by atoms with E-state index in [9.17, 15) is 21.6 Å². The Labute approximate surface area is 192 Å². The zero-order valence-electron chi connectivity index (χ0n) is 17.9. The van der Waals surface area contributed by atoms with E-state index in [0.717, 1.165) is 0 Å². The maximum atomic E-state index is 12.8. The van der Waals surface area contributed by atoms with Gasteiger partial charge in [0.15, 0.2) is 0 Å². The van der Waals surface area contributed by atoms with Gasteiger partial charge in [-0.25, -0.2) is 21.6 Å². The van der Waals surface area contributed by atoms with E-state index in [4.69, 9.17) is 4.74 Å². The van der Waals surface area contributed by atoms with Gasteiger partial charge in [0.1, 0.15) is 5.75 Å². The molecule has 9 nitrogen and oxygen atoms in total. The summed E-state index contributed by atoms with van der Waals surface area (Å²) >= 11 is 0. The number of hydrogen-bond acceptors (Lipinski definition) is 6. The Morgan fingerprint density at radius 2 is 1.45 bits per heavy atom. The predicted molar refractivity (Wildman–Crippen MR) is 126 cm³/mol. The van der Waals surface area contributed by atoms with Crippen LogP contribution >= 0.6 is 0 Å². The number of nitrogens with one attached hydrogen (secondary N) is 3. The van der Waals surface area contributed by atoms with E-state index in [0.29, 0.717) is 23.7 Å². The third-order valence-corrected chi connectivity index (χ3v) is 7.32. The molecule has 0 radical (unpaired) electrons. The molecular weight excluding hydrogens is 466 g/mol. The molecule has 3 N–H and O–H groups in total. The quantitative estimate of drug-likeness (QED) is 0.423. The molecule has 3 rings (SSSR count). The van der Waals surface area contributed by atoms with Gasteiger partial charge < -0.3 is 10.1 Å². The summed E-state index contributed by atoms with van der Waals surface area (Å²) in [6, 6.07) is 17.6. The molecule has 174 valence electrons. The van der Waals surface area contributed by atoms with E-state index >= 15 is 0 Å². The fourth-order valence-electron chi connectivity index (χ4n) is 2.84. The van der Waals surface area contributed by atoms with Crippen molar-refractivity contribution in [3.8, 4) is 5.75 Å². The summed E-state index contributed by atoms with van der Waals surface area (Å²) in [4.78, 5) is 12.6. The molecular formula is C22H23N3O6S2. The minimum atomic E-state index is -3.94. The second-order valence-corrected chi connectivity index (χ2v) is 10.3. The van der Waals surface area contributed by atoms with Crippen LogP contribution in [0.4, 0.5) is 11.4 Å². The van der Waals surface area contributed by atoms with Crippen molar-refractivity contribution >= 4 is 37.3 Å². The standard InChI is InChI=1S/C22H23N3O6S2/c1-3-31-19-11-7-18(8-12-19)25-33(29,30)21-6-4-5-16(15-21)22(26)24-17-9-13-20(14-10-17)32(27,28)23-2/h4-15,23,25H,3H2,1-2H3,(H,24,26).